The minimum absolute atomic E-state index is 0.184. The summed E-state index contributed by atoms with van der Waals surface area (Å²) in [5, 5.41) is 9.12. The first kappa shape index (κ1) is 10.7. The number of hydrogen-bond donors (Lipinski definition) is 0. The summed E-state index contributed by atoms with van der Waals surface area (Å²) in [6.07, 6.45) is 7.99. The van der Waals surface area contributed by atoms with Crippen LogP contribution in [0.3, 0.4) is 0 Å². The van der Waals surface area contributed by atoms with Crippen molar-refractivity contribution in [2.75, 3.05) is 6.61 Å². The standard InChI is InChI=1S/C11H16BrN3O/c12-7-9-8-15(14-13-9)10-2-5-16-11(6-10)3-1-4-11/h8,10H,1-7H2. The van der Waals surface area contributed by atoms with Crippen molar-refractivity contribution in [3.05, 3.63) is 11.9 Å². The molecule has 0 bridgehead atoms. The zero-order valence-corrected chi connectivity index (χ0v) is 10.8. The first-order valence-electron chi connectivity index (χ1n) is 5.92. The van der Waals surface area contributed by atoms with Crippen LogP contribution in [0.4, 0.5) is 0 Å². The average Bonchev–Trinajstić information content (AvgIpc) is 2.76. The van der Waals surface area contributed by atoms with Gasteiger partial charge in [0.2, 0.25) is 0 Å². The molecule has 1 saturated heterocycles. The molecule has 1 unspecified atom stereocenters. The molecule has 0 N–H and O–H groups in total. The van der Waals surface area contributed by atoms with Crippen LogP contribution in [0.15, 0.2) is 6.20 Å². The van der Waals surface area contributed by atoms with Crippen LogP contribution in [-0.4, -0.2) is 27.2 Å². The van der Waals surface area contributed by atoms with Crippen molar-refractivity contribution in [2.24, 2.45) is 0 Å². The lowest BCUT2D eigenvalue weighted by Crippen LogP contribution is -2.46. The maximum absolute atomic E-state index is 5.92. The third-order valence-electron chi connectivity index (χ3n) is 3.80. The van der Waals surface area contributed by atoms with Gasteiger partial charge in [-0.2, -0.15) is 0 Å². The van der Waals surface area contributed by atoms with Crippen molar-refractivity contribution in [3.8, 4) is 0 Å². The van der Waals surface area contributed by atoms with Crippen LogP contribution in [-0.2, 0) is 10.1 Å². The summed E-state index contributed by atoms with van der Waals surface area (Å²) in [5.74, 6) is 0. The molecular weight excluding hydrogens is 270 g/mol. The Kier molecular flexibility index (Phi) is 2.75. The number of rotatable bonds is 2. The van der Waals surface area contributed by atoms with Gasteiger partial charge in [-0.3, -0.25) is 0 Å². The minimum Gasteiger partial charge on any atom is -0.375 e. The normalized spacial score (nSPS) is 27.9. The lowest BCUT2D eigenvalue weighted by atomic mass is 9.74. The molecule has 1 aromatic rings. The highest BCUT2D eigenvalue weighted by Crippen LogP contribution is 2.45. The van der Waals surface area contributed by atoms with Gasteiger partial charge in [-0.1, -0.05) is 21.1 Å². The van der Waals surface area contributed by atoms with Crippen LogP contribution in [0, 0.1) is 0 Å². The second kappa shape index (κ2) is 4.11. The quantitative estimate of drug-likeness (QED) is 0.784. The summed E-state index contributed by atoms with van der Waals surface area (Å²) < 4.78 is 7.94. The zero-order valence-electron chi connectivity index (χ0n) is 9.23. The molecule has 88 valence electrons. The van der Waals surface area contributed by atoms with Gasteiger partial charge in [-0.15, -0.1) is 5.10 Å². The minimum atomic E-state index is 0.184. The van der Waals surface area contributed by atoms with Gasteiger partial charge in [-0.25, -0.2) is 4.68 Å². The number of hydrogen-bond acceptors (Lipinski definition) is 3. The maximum Gasteiger partial charge on any atom is 0.0932 e. The van der Waals surface area contributed by atoms with E-state index in [9.17, 15) is 0 Å². The molecule has 1 saturated carbocycles. The number of halogens is 1. The van der Waals surface area contributed by atoms with Gasteiger partial charge in [0.1, 0.15) is 0 Å². The Morgan fingerprint density at radius 2 is 2.44 bits per heavy atom. The number of alkyl halides is 1. The monoisotopic (exact) mass is 285 g/mol. The van der Waals surface area contributed by atoms with Gasteiger partial charge < -0.3 is 4.74 Å². The van der Waals surface area contributed by atoms with Crippen LogP contribution in [0.2, 0.25) is 0 Å². The van der Waals surface area contributed by atoms with E-state index in [1.807, 2.05) is 4.68 Å². The summed E-state index contributed by atoms with van der Waals surface area (Å²) in [7, 11) is 0. The number of ether oxygens (including phenoxy) is 1. The fourth-order valence-electron chi connectivity index (χ4n) is 2.70. The van der Waals surface area contributed by atoms with Gasteiger partial charge in [0, 0.05) is 18.1 Å². The van der Waals surface area contributed by atoms with E-state index >= 15 is 0 Å². The van der Waals surface area contributed by atoms with Crippen LogP contribution in [0.5, 0.6) is 0 Å². The molecule has 1 atom stereocenters. The van der Waals surface area contributed by atoms with Gasteiger partial charge >= 0.3 is 0 Å². The van der Waals surface area contributed by atoms with E-state index in [0.29, 0.717) is 6.04 Å². The first-order valence-corrected chi connectivity index (χ1v) is 7.04. The molecule has 2 heterocycles. The summed E-state index contributed by atoms with van der Waals surface area (Å²) in [5.41, 5.74) is 1.19. The van der Waals surface area contributed by atoms with Crippen molar-refractivity contribution >= 4 is 15.9 Å². The van der Waals surface area contributed by atoms with E-state index in [2.05, 4.69) is 32.4 Å². The molecule has 1 aliphatic heterocycles. The van der Waals surface area contributed by atoms with Gasteiger partial charge in [0.05, 0.1) is 17.3 Å². The summed E-state index contributed by atoms with van der Waals surface area (Å²) in [4.78, 5) is 0. The second-order valence-corrected chi connectivity index (χ2v) is 5.42. The Bertz CT molecular complexity index is 375. The molecule has 1 spiro atoms. The number of nitrogens with zero attached hydrogens (tertiary/aromatic N) is 3. The fourth-order valence-corrected chi connectivity index (χ4v) is 2.96. The van der Waals surface area contributed by atoms with Crippen LogP contribution >= 0.6 is 15.9 Å². The Labute approximate surface area is 103 Å². The Hall–Kier alpha value is -0.420. The van der Waals surface area contributed by atoms with Crippen LogP contribution in [0.25, 0.3) is 0 Å². The second-order valence-electron chi connectivity index (χ2n) is 4.86. The van der Waals surface area contributed by atoms with E-state index in [1.165, 1.54) is 19.3 Å². The molecule has 0 aromatic carbocycles. The van der Waals surface area contributed by atoms with E-state index < -0.39 is 0 Å². The topological polar surface area (TPSA) is 39.9 Å². The van der Waals surface area contributed by atoms with Crippen molar-refractivity contribution in [1.82, 2.24) is 15.0 Å². The smallest absolute Gasteiger partial charge is 0.0932 e. The average molecular weight is 286 g/mol. The maximum atomic E-state index is 5.92. The SMILES string of the molecule is BrCc1cn(C2CCOC3(CCC3)C2)nn1. The summed E-state index contributed by atoms with van der Waals surface area (Å²) in [6, 6.07) is 0.481. The third kappa shape index (κ3) is 1.80. The highest BCUT2D eigenvalue weighted by atomic mass is 79.9. The molecule has 5 heteroatoms. The van der Waals surface area contributed by atoms with Crippen molar-refractivity contribution in [2.45, 2.75) is 49.1 Å². The molecule has 1 aliphatic carbocycles. The van der Waals surface area contributed by atoms with Crippen LogP contribution in [0.1, 0.15) is 43.8 Å². The van der Waals surface area contributed by atoms with Crippen molar-refractivity contribution < 1.29 is 4.74 Å². The largest absolute Gasteiger partial charge is 0.375 e. The summed E-state index contributed by atoms with van der Waals surface area (Å²) >= 11 is 3.40. The lowest BCUT2D eigenvalue weighted by Gasteiger charge is -2.47. The molecule has 2 aliphatic rings. The Balaban J connectivity index is 1.74. The lowest BCUT2D eigenvalue weighted by molar-refractivity contribution is -0.141. The Morgan fingerprint density at radius 3 is 3.06 bits per heavy atom. The molecule has 0 amide bonds. The highest BCUT2D eigenvalue weighted by molar-refractivity contribution is 9.08. The molecule has 16 heavy (non-hydrogen) atoms. The van der Waals surface area contributed by atoms with Crippen molar-refractivity contribution in [3.63, 3.8) is 0 Å². The highest BCUT2D eigenvalue weighted by Gasteiger charge is 2.43. The van der Waals surface area contributed by atoms with Crippen molar-refractivity contribution in [1.29, 1.82) is 0 Å². The Morgan fingerprint density at radius 1 is 1.56 bits per heavy atom. The van der Waals surface area contributed by atoms with Gasteiger partial charge in [0.15, 0.2) is 0 Å². The van der Waals surface area contributed by atoms with Crippen LogP contribution < -0.4 is 0 Å². The fraction of sp³-hybridized carbons (Fsp3) is 0.818. The molecule has 1 aromatic heterocycles. The van der Waals surface area contributed by atoms with E-state index in [-0.39, 0.29) is 5.60 Å². The molecular formula is C11H16BrN3O. The molecule has 3 rings (SSSR count). The zero-order chi connectivity index (χ0) is 11.0. The van der Waals surface area contributed by atoms with E-state index in [4.69, 9.17) is 4.74 Å². The van der Waals surface area contributed by atoms with E-state index in [0.717, 1.165) is 30.5 Å². The summed E-state index contributed by atoms with van der Waals surface area (Å²) in [6.45, 7) is 0.869. The third-order valence-corrected chi connectivity index (χ3v) is 4.38. The predicted molar refractivity (Wildman–Crippen MR) is 63.5 cm³/mol. The van der Waals surface area contributed by atoms with E-state index in [1.54, 1.807) is 0 Å². The molecule has 4 nitrogen and oxygen atoms in total. The molecule has 2 fully saturated rings. The first-order chi connectivity index (χ1) is 7.81. The molecule has 0 radical (unpaired) electrons. The van der Waals surface area contributed by atoms with Gasteiger partial charge in [0.25, 0.3) is 0 Å². The van der Waals surface area contributed by atoms with Gasteiger partial charge in [-0.05, 0) is 32.1 Å². The predicted octanol–water partition coefficient (Wildman–Crippen LogP) is 2.45. The number of aromatic nitrogens is 3.